The van der Waals surface area contributed by atoms with Gasteiger partial charge >= 0.3 is 11.9 Å². The smallest absolute Gasteiger partial charge is 0.341 e. The Morgan fingerprint density at radius 2 is 2.08 bits per heavy atom. The number of nitrogens with zero attached hydrogens (tertiary/aromatic N) is 1. The molecule has 144 valence electrons. The third-order valence-corrected chi connectivity index (χ3v) is 6.61. The van der Waals surface area contributed by atoms with Crippen molar-refractivity contribution in [1.82, 2.24) is 0 Å². The van der Waals surface area contributed by atoms with Crippen molar-refractivity contribution in [3.63, 3.8) is 0 Å². The van der Waals surface area contributed by atoms with Gasteiger partial charge in [-0.25, -0.2) is 4.79 Å². The summed E-state index contributed by atoms with van der Waals surface area (Å²) >= 11 is 0. The number of hydrogen-bond donors (Lipinski definition) is 2. The zero-order valence-corrected chi connectivity index (χ0v) is 15.6. The van der Waals surface area contributed by atoms with Gasteiger partial charge in [0, 0.05) is 12.0 Å². The topological polar surface area (TPSA) is 93.1 Å². The normalized spacial score (nSPS) is 45.9. The van der Waals surface area contributed by atoms with Crippen LogP contribution in [0.4, 0.5) is 0 Å². The fraction of sp³-hybridized carbons (Fsp3) is 0.684. The third kappa shape index (κ3) is 2.61. The van der Waals surface area contributed by atoms with Crippen LogP contribution in [0.3, 0.4) is 0 Å². The molecule has 0 aromatic rings. The molecule has 2 N–H and O–H groups in total. The van der Waals surface area contributed by atoms with E-state index in [-0.39, 0.29) is 18.8 Å². The van der Waals surface area contributed by atoms with E-state index in [2.05, 4.69) is 6.58 Å². The summed E-state index contributed by atoms with van der Waals surface area (Å²) in [5.74, 6) is -2.67. The van der Waals surface area contributed by atoms with Crippen LogP contribution < -0.4 is 0 Å². The quantitative estimate of drug-likeness (QED) is 0.415. The van der Waals surface area contributed by atoms with Crippen molar-refractivity contribution in [2.24, 2.45) is 5.92 Å². The van der Waals surface area contributed by atoms with Crippen LogP contribution in [-0.4, -0.2) is 76.2 Å². The van der Waals surface area contributed by atoms with Gasteiger partial charge in [-0.15, -0.1) is 0 Å². The summed E-state index contributed by atoms with van der Waals surface area (Å²) in [4.78, 5) is 25.2. The number of carbonyl (C=O) groups is 2. The van der Waals surface area contributed by atoms with E-state index in [4.69, 9.17) is 9.47 Å². The maximum atomic E-state index is 12.7. The number of quaternary nitrogens is 1. The maximum absolute atomic E-state index is 12.7. The Morgan fingerprint density at radius 1 is 1.38 bits per heavy atom. The van der Waals surface area contributed by atoms with E-state index in [1.54, 1.807) is 0 Å². The van der Waals surface area contributed by atoms with E-state index < -0.39 is 29.1 Å². The standard InChI is InChI=1S/C19H28NO6/c1-5-8-20-9-6-13-11-25-17(22)19(4,24)18(3,23)12(2)16(21)26-14(7-10-20)15(13)20/h5-6,12,14-15,23-24H,1,7-11H2,2-4H3/q+1. The summed E-state index contributed by atoms with van der Waals surface area (Å²) in [6, 6.07) is -0.0926. The molecule has 3 aliphatic rings. The van der Waals surface area contributed by atoms with Gasteiger partial charge in [0.15, 0.2) is 17.7 Å². The highest BCUT2D eigenvalue weighted by Gasteiger charge is 2.59. The molecular weight excluding hydrogens is 338 g/mol. The number of esters is 2. The van der Waals surface area contributed by atoms with Crippen LogP contribution in [0.5, 0.6) is 0 Å². The van der Waals surface area contributed by atoms with Crippen molar-refractivity contribution in [3.05, 3.63) is 24.3 Å². The second-order valence-electron chi connectivity index (χ2n) is 8.10. The van der Waals surface area contributed by atoms with Crippen LogP contribution in [0.15, 0.2) is 24.3 Å². The molecule has 0 bridgehead atoms. The molecule has 0 radical (unpaired) electrons. The molecule has 3 aliphatic heterocycles. The molecule has 0 aromatic heterocycles. The summed E-state index contributed by atoms with van der Waals surface area (Å²) in [5.41, 5.74) is -3.38. The fourth-order valence-corrected chi connectivity index (χ4v) is 4.45. The molecule has 7 heteroatoms. The van der Waals surface area contributed by atoms with E-state index in [0.717, 1.165) is 25.2 Å². The molecule has 0 aromatic carbocycles. The highest BCUT2D eigenvalue weighted by atomic mass is 16.6. The van der Waals surface area contributed by atoms with E-state index in [1.807, 2.05) is 12.2 Å². The number of cyclic esters (lactones) is 1. The zero-order chi connectivity index (χ0) is 19.3. The van der Waals surface area contributed by atoms with Crippen LogP contribution in [0, 0.1) is 5.92 Å². The Balaban J connectivity index is 1.99. The van der Waals surface area contributed by atoms with Crippen molar-refractivity contribution < 1.29 is 33.8 Å². The summed E-state index contributed by atoms with van der Waals surface area (Å²) in [5, 5.41) is 21.4. The first kappa shape index (κ1) is 19.1. The predicted octanol–water partition coefficient (Wildman–Crippen LogP) is 0.308. The number of aliphatic hydroxyl groups is 2. The van der Waals surface area contributed by atoms with Crippen LogP contribution in [0.2, 0.25) is 0 Å². The number of rotatable bonds is 2. The van der Waals surface area contributed by atoms with Gasteiger partial charge < -0.3 is 24.2 Å². The summed E-state index contributed by atoms with van der Waals surface area (Å²) in [6.07, 6.45) is 4.23. The molecule has 0 spiro atoms. The Labute approximate surface area is 153 Å². The lowest BCUT2D eigenvalue weighted by Gasteiger charge is -2.39. The molecule has 3 heterocycles. The van der Waals surface area contributed by atoms with Crippen LogP contribution in [0.1, 0.15) is 27.2 Å². The molecule has 6 atom stereocenters. The van der Waals surface area contributed by atoms with Crippen molar-refractivity contribution in [1.29, 1.82) is 0 Å². The van der Waals surface area contributed by atoms with Crippen molar-refractivity contribution in [2.75, 3.05) is 26.2 Å². The molecule has 0 amide bonds. The maximum Gasteiger partial charge on any atom is 0.341 e. The highest BCUT2D eigenvalue weighted by molar-refractivity contribution is 5.83. The minimum Gasteiger partial charge on any atom is -0.459 e. The van der Waals surface area contributed by atoms with Gasteiger partial charge in [-0.2, -0.15) is 0 Å². The molecule has 3 rings (SSSR count). The number of ether oxygens (including phenoxy) is 2. The highest BCUT2D eigenvalue weighted by Crippen LogP contribution is 2.41. The SMILES string of the molecule is C=CC[N+]12CC=C3COC(=O)C(C)(O)C(C)(O)C(C)C(=O)OC(CC1)C32. The monoisotopic (exact) mass is 366 g/mol. The van der Waals surface area contributed by atoms with Gasteiger partial charge in [0.1, 0.15) is 12.2 Å². The van der Waals surface area contributed by atoms with Crippen molar-refractivity contribution in [3.8, 4) is 0 Å². The average Bonchev–Trinajstić information content (AvgIpc) is 3.09. The summed E-state index contributed by atoms with van der Waals surface area (Å²) in [7, 11) is 0. The first-order valence-corrected chi connectivity index (χ1v) is 9.05. The predicted molar refractivity (Wildman–Crippen MR) is 92.8 cm³/mol. The molecule has 0 aliphatic carbocycles. The minimum absolute atomic E-state index is 0.00923. The van der Waals surface area contributed by atoms with Crippen LogP contribution >= 0.6 is 0 Å². The van der Waals surface area contributed by atoms with Crippen molar-refractivity contribution in [2.45, 2.75) is 50.5 Å². The summed E-state index contributed by atoms with van der Waals surface area (Å²) in [6.45, 7) is 10.1. The second kappa shape index (κ2) is 6.18. The first-order valence-electron chi connectivity index (χ1n) is 9.05. The van der Waals surface area contributed by atoms with Gasteiger partial charge in [0.25, 0.3) is 0 Å². The van der Waals surface area contributed by atoms with Crippen LogP contribution in [-0.2, 0) is 19.1 Å². The van der Waals surface area contributed by atoms with Gasteiger partial charge in [0.05, 0.1) is 25.6 Å². The largest absolute Gasteiger partial charge is 0.459 e. The Kier molecular flexibility index (Phi) is 4.53. The second-order valence-corrected chi connectivity index (χ2v) is 8.10. The van der Waals surface area contributed by atoms with Crippen LogP contribution in [0.25, 0.3) is 0 Å². The lowest BCUT2D eigenvalue weighted by Crippen LogP contribution is -2.61. The lowest BCUT2D eigenvalue weighted by atomic mass is 9.76. The lowest BCUT2D eigenvalue weighted by molar-refractivity contribution is -0.920. The van der Waals surface area contributed by atoms with Gasteiger partial charge in [0.2, 0.25) is 0 Å². The minimum atomic E-state index is -2.24. The van der Waals surface area contributed by atoms with Gasteiger partial charge in [-0.05, 0) is 32.9 Å². The number of hydrogen-bond acceptors (Lipinski definition) is 6. The Hall–Kier alpha value is -1.70. The summed E-state index contributed by atoms with van der Waals surface area (Å²) < 4.78 is 11.8. The van der Waals surface area contributed by atoms with Gasteiger partial charge in [-0.1, -0.05) is 6.58 Å². The number of carbonyl (C=O) groups excluding carboxylic acids is 2. The van der Waals surface area contributed by atoms with E-state index in [9.17, 15) is 19.8 Å². The van der Waals surface area contributed by atoms with E-state index >= 15 is 0 Å². The molecule has 2 fully saturated rings. The van der Waals surface area contributed by atoms with Crippen molar-refractivity contribution >= 4 is 11.9 Å². The third-order valence-electron chi connectivity index (χ3n) is 6.61. The average molecular weight is 366 g/mol. The molecule has 7 nitrogen and oxygen atoms in total. The molecule has 6 unspecified atom stereocenters. The molecule has 26 heavy (non-hydrogen) atoms. The van der Waals surface area contributed by atoms with Gasteiger partial charge in [-0.3, -0.25) is 4.79 Å². The molecular formula is C19H28NO6+. The zero-order valence-electron chi connectivity index (χ0n) is 15.6. The molecule has 0 saturated carbocycles. The Bertz CT molecular complexity index is 667. The first-order chi connectivity index (χ1) is 12.1. The van der Waals surface area contributed by atoms with E-state index in [0.29, 0.717) is 10.9 Å². The molecule has 2 saturated heterocycles. The Morgan fingerprint density at radius 3 is 2.73 bits per heavy atom. The fourth-order valence-electron chi connectivity index (χ4n) is 4.45. The van der Waals surface area contributed by atoms with E-state index in [1.165, 1.54) is 20.8 Å².